The Hall–Kier alpha value is -13.4. The van der Waals surface area contributed by atoms with Gasteiger partial charge in [-0.25, -0.2) is 0 Å². The van der Waals surface area contributed by atoms with Gasteiger partial charge in [-0.2, -0.15) is 0 Å². The number of hydrogen-bond acceptors (Lipinski definition) is 2. The SMILES string of the molecule is c1ccc(-c2ccc(-c3c(N(c4ccc(-c5cccc(-c6ccccc6)c5)cc4)c4ccc(-c5cccc(-c6cccc(-c7c(N(c8ccccc8)c8ccc(-c9ccccc9-c9ccccc9)cc8)c8ccccc8c8ccccc78)c6)c5)cc4)c4ccccc4c4ccccc34)cc2)cc1. The predicted octanol–water partition coefficient (Wildman–Crippen LogP) is 28.2. The van der Waals surface area contributed by atoms with Crippen molar-refractivity contribution in [3.63, 3.8) is 0 Å². The minimum absolute atomic E-state index is 1.05. The third-order valence-electron chi connectivity index (χ3n) is 20.2. The molecule has 2 nitrogen and oxygen atoms in total. The molecule has 0 aliphatic carbocycles. The fraction of sp³-hybridized carbons (Fsp3) is 0. The van der Waals surface area contributed by atoms with E-state index in [-0.39, 0.29) is 0 Å². The van der Waals surface area contributed by atoms with E-state index in [1.54, 1.807) is 0 Å². The third kappa shape index (κ3) is 11.4. The molecule has 18 rings (SSSR count). The first kappa shape index (κ1) is 61.0. The molecule has 102 heavy (non-hydrogen) atoms. The van der Waals surface area contributed by atoms with E-state index >= 15 is 0 Å². The zero-order chi connectivity index (χ0) is 67.7. The number of hydrogen-bond donors (Lipinski definition) is 0. The Labute approximate surface area is 595 Å². The Morgan fingerprint density at radius 3 is 0.775 bits per heavy atom. The maximum atomic E-state index is 2.50. The van der Waals surface area contributed by atoms with Crippen LogP contribution in [0.5, 0.6) is 0 Å². The Kier molecular flexibility index (Phi) is 16.0. The van der Waals surface area contributed by atoms with Gasteiger partial charge in [-0.15, -0.1) is 0 Å². The van der Waals surface area contributed by atoms with Gasteiger partial charge in [-0.1, -0.05) is 346 Å². The number of para-hydroxylation sites is 1. The van der Waals surface area contributed by atoms with E-state index in [1.165, 1.54) is 98.7 Å². The van der Waals surface area contributed by atoms with Crippen LogP contribution in [0, 0.1) is 0 Å². The second-order valence-electron chi connectivity index (χ2n) is 26.2. The molecular weight excluding hydrogens is 1230 g/mol. The highest BCUT2D eigenvalue weighted by atomic mass is 15.2. The van der Waals surface area contributed by atoms with Gasteiger partial charge in [0.1, 0.15) is 0 Å². The minimum Gasteiger partial charge on any atom is -0.309 e. The van der Waals surface area contributed by atoms with Crippen molar-refractivity contribution >= 4 is 77.2 Å². The van der Waals surface area contributed by atoms with Gasteiger partial charge in [0.25, 0.3) is 0 Å². The largest absolute Gasteiger partial charge is 0.309 e. The summed E-state index contributed by atoms with van der Waals surface area (Å²) < 4.78 is 0. The lowest BCUT2D eigenvalue weighted by Crippen LogP contribution is -2.12. The highest BCUT2D eigenvalue weighted by Gasteiger charge is 2.27. The summed E-state index contributed by atoms with van der Waals surface area (Å²) in [4.78, 5) is 4.97. The average Bonchev–Trinajstić information content (AvgIpc) is 0.733. The zero-order valence-corrected chi connectivity index (χ0v) is 56.2. The molecule has 0 saturated carbocycles. The van der Waals surface area contributed by atoms with Crippen molar-refractivity contribution in [3.8, 4) is 100 Å². The number of nitrogens with zero attached hydrogens (tertiary/aromatic N) is 2. The fourth-order valence-corrected chi connectivity index (χ4v) is 15.4. The molecule has 0 heterocycles. The second kappa shape index (κ2) is 26.8. The highest BCUT2D eigenvalue weighted by Crippen LogP contribution is 2.53. The predicted molar refractivity (Wildman–Crippen MR) is 435 cm³/mol. The topological polar surface area (TPSA) is 6.48 Å². The van der Waals surface area contributed by atoms with Gasteiger partial charge in [-0.3, -0.25) is 0 Å². The second-order valence-corrected chi connectivity index (χ2v) is 26.2. The minimum atomic E-state index is 1.05. The summed E-state index contributed by atoms with van der Waals surface area (Å²) >= 11 is 0. The third-order valence-corrected chi connectivity index (χ3v) is 20.2. The maximum Gasteiger partial charge on any atom is 0.0624 e. The summed E-state index contributed by atoms with van der Waals surface area (Å²) in [6.45, 7) is 0. The molecule has 0 bridgehead atoms. The van der Waals surface area contributed by atoms with Crippen molar-refractivity contribution in [2.75, 3.05) is 9.80 Å². The van der Waals surface area contributed by atoms with Crippen LogP contribution in [0.1, 0.15) is 0 Å². The molecule has 0 aliphatic heterocycles. The van der Waals surface area contributed by atoms with Crippen LogP contribution in [0.4, 0.5) is 34.1 Å². The number of anilines is 6. The van der Waals surface area contributed by atoms with E-state index in [1.807, 2.05) is 0 Å². The van der Waals surface area contributed by atoms with Crippen LogP contribution in [0.15, 0.2) is 413 Å². The summed E-state index contributed by atoms with van der Waals surface area (Å²) in [7, 11) is 0. The molecule has 0 amide bonds. The summed E-state index contributed by atoms with van der Waals surface area (Å²) in [5, 5.41) is 9.57. The zero-order valence-electron chi connectivity index (χ0n) is 56.2. The summed E-state index contributed by atoms with van der Waals surface area (Å²) in [5.41, 5.74) is 27.5. The first-order valence-electron chi connectivity index (χ1n) is 35.1. The molecular formula is C100H68N2. The Morgan fingerprint density at radius 1 is 0.127 bits per heavy atom. The van der Waals surface area contributed by atoms with Crippen LogP contribution >= 0.6 is 0 Å². The molecule has 0 aromatic heterocycles. The van der Waals surface area contributed by atoms with Gasteiger partial charge in [0.2, 0.25) is 0 Å². The summed E-state index contributed by atoms with van der Waals surface area (Å²) in [6, 6.07) is 151. The molecule has 18 aromatic rings. The van der Waals surface area contributed by atoms with Crippen LogP contribution in [-0.4, -0.2) is 0 Å². The lowest BCUT2D eigenvalue weighted by Gasteiger charge is -2.31. The molecule has 0 N–H and O–H groups in total. The normalized spacial score (nSPS) is 11.3. The summed E-state index contributed by atoms with van der Waals surface area (Å²) in [5.74, 6) is 0. The van der Waals surface area contributed by atoms with E-state index in [9.17, 15) is 0 Å². The monoisotopic (exact) mass is 1300 g/mol. The molecule has 0 saturated heterocycles. The standard InChI is InChI=1S/C100H68N2/c1-5-26-69(27-6-1)71-50-52-76(53-51-71)97-93-46-19-15-42-89(93)91-44-17-21-48-95(91)99(97)102(84-60-54-72(55-61-84)78-33-23-32-77(66-78)70-28-7-2-8-29-70)85-62-56-73(57-63-85)79-34-24-35-80(67-79)81-36-25-37-82(68-81)98-94-47-20-16-43-90(94)92-45-18-22-49-96(92)100(98)101(83-38-11-4-12-39-83)86-64-58-75(59-65-86)88-41-14-13-40-87(88)74-30-9-3-10-31-74/h1-68H. The van der Waals surface area contributed by atoms with Crippen molar-refractivity contribution in [1.82, 2.24) is 0 Å². The van der Waals surface area contributed by atoms with Crippen molar-refractivity contribution in [2.24, 2.45) is 0 Å². The van der Waals surface area contributed by atoms with Crippen molar-refractivity contribution in [3.05, 3.63) is 413 Å². The van der Waals surface area contributed by atoms with E-state index in [0.29, 0.717) is 0 Å². The van der Waals surface area contributed by atoms with Crippen LogP contribution < -0.4 is 9.80 Å². The van der Waals surface area contributed by atoms with Crippen molar-refractivity contribution in [2.45, 2.75) is 0 Å². The number of benzene rings is 18. The first-order valence-corrected chi connectivity index (χ1v) is 35.1. The van der Waals surface area contributed by atoms with Crippen LogP contribution in [-0.2, 0) is 0 Å². The van der Waals surface area contributed by atoms with E-state index in [2.05, 4.69) is 422 Å². The van der Waals surface area contributed by atoms with Gasteiger partial charge in [-0.05, 0) is 188 Å². The lowest BCUT2D eigenvalue weighted by atomic mass is 9.88. The Balaban J connectivity index is 0.753. The van der Waals surface area contributed by atoms with Crippen molar-refractivity contribution < 1.29 is 0 Å². The van der Waals surface area contributed by atoms with Gasteiger partial charge in [0.15, 0.2) is 0 Å². The summed E-state index contributed by atoms with van der Waals surface area (Å²) in [6.07, 6.45) is 0. The Bertz CT molecular complexity index is 6070. The molecule has 0 aliphatic rings. The molecule has 18 aromatic carbocycles. The average molecular weight is 1300 g/mol. The van der Waals surface area contributed by atoms with Crippen LogP contribution in [0.25, 0.3) is 143 Å². The van der Waals surface area contributed by atoms with E-state index in [0.717, 1.165) is 78.6 Å². The fourth-order valence-electron chi connectivity index (χ4n) is 15.4. The van der Waals surface area contributed by atoms with Crippen molar-refractivity contribution in [1.29, 1.82) is 0 Å². The molecule has 0 radical (unpaired) electrons. The maximum absolute atomic E-state index is 2.50. The smallest absolute Gasteiger partial charge is 0.0624 e. The number of fused-ring (bicyclic) bond motifs is 6. The number of rotatable bonds is 15. The van der Waals surface area contributed by atoms with E-state index < -0.39 is 0 Å². The quantitative estimate of drug-likeness (QED) is 0.0944. The molecule has 0 unspecified atom stereocenters. The molecule has 0 atom stereocenters. The van der Waals surface area contributed by atoms with E-state index in [4.69, 9.17) is 0 Å². The molecule has 478 valence electrons. The van der Waals surface area contributed by atoms with Gasteiger partial charge in [0, 0.05) is 44.6 Å². The van der Waals surface area contributed by atoms with Gasteiger partial charge in [0.05, 0.1) is 11.4 Å². The lowest BCUT2D eigenvalue weighted by molar-refractivity contribution is 1.30. The molecule has 0 fully saturated rings. The Morgan fingerprint density at radius 2 is 0.353 bits per heavy atom. The van der Waals surface area contributed by atoms with Gasteiger partial charge < -0.3 is 9.80 Å². The van der Waals surface area contributed by atoms with Crippen LogP contribution in [0.2, 0.25) is 0 Å². The van der Waals surface area contributed by atoms with Gasteiger partial charge >= 0.3 is 0 Å². The molecule has 2 heteroatoms. The highest BCUT2D eigenvalue weighted by molar-refractivity contribution is 6.24. The van der Waals surface area contributed by atoms with Crippen LogP contribution in [0.3, 0.4) is 0 Å². The molecule has 0 spiro atoms. The first-order chi connectivity index (χ1) is 50.6.